The molecular weight excluding hydrogens is 274 g/mol. The maximum absolute atomic E-state index is 11.3. The number of nitrogens with zero attached hydrogens (tertiary/aromatic N) is 1. The van der Waals surface area contributed by atoms with Gasteiger partial charge in [-0.3, -0.25) is 4.98 Å². The number of nitrogens with two attached hydrogens (primary N) is 1. The predicted molar refractivity (Wildman–Crippen MR) is 77.3 cm³/mol. The number of hydrogen-bond donors (Lipinski definition) is 2. The van der Waals surface area contributed by atoms with Gasteiger partial charge >= 0.3 is 0 Å². The summed E-state index contributed by atoms with van der Waals surface area (Å²) in [6, 6.07) is 12.4. The molecule has 5 nitrogen and oxygen atoms in total. The zero-order valence-corrected chi connectivity index (χ0v) is 12.0. The van der Waals surface area contributed by atoms with Crippen LogP contribution in [0.3, 0.4) is 0 Å². The lowest BCUT2D eigenvalue weighted by Gasteiger charge is -2.13. The molecule has 0 bridgehead atoms. The van der Waals surface area contributed by atoms with Crippen LogP contribution in [0.2, 0.25) is 0 Å². The molecule has 3 N–H and O–H groups in total. The van der Waals surface area contributed by atoms with E-state index >= 15 is 0 Å². The smallest absolute Gasteiger partial charge is 0.238 e. The van der Waals surface area contributed by atoms with E-state index in [0.29, 0.717) is 6.54 Å². The molecule has 0 aliphatic rings. The molecule has 1 atom stereocenters. The van der Waals surface area contributed by atoms with Crippen molar-refractivity contribution in [1.29, 1.82) is 0 Å². The van der Waals surface area contributed by atoms with Gasteiger partial charge in [-0.25, -0.2) is 13.6 Å². The maximum Gasteiger partial charge on any atom is 0.238 e. The Bertz CT molecular complexity index is 672. The first-order valence-electron chi connectivity index (χ1n) is 6.23. The van der Waals surface area contributed by atoms with E-state index in [9.17, 15) is 8.42 Å². The van der Waals surface area contributed by atoms with Crippen LogP contribution in [-0.4, -0.2) is 13.4 Å². The predicted octanol–water partition coefficient (Wildman–Crippen LogP) is 1.58. The molecule has 2 rings (SSSR count). The van der Waals surface area contributed by atoms with E-state index in [1.807, 2.05) is 31.2 Å². The lowest BCUT2D eigenvalue weighted by atomic mass is 10.2. The molecular formula is C14H17N3O2S. The van der Waals surface area contributed by atoms with Crippen molar-refractivity contribution in [3.63, 3.8) is 0 Å². The Hall–Kier alpha value is -1.76. The molecule has 6 heteroatoms. The van der Waals surface area contributed by atoms with Crippen molar-refractivity contribution in [2.75, 3.05) is 0 Å². The number of nitrogens with one attached hydrogen (secondary N) is 1. The number of aromatic nitrogens is 1. The van der Waals surface area contributed by atoms with Gasteiger partial charge in [0.05, 0.1) is 10.6 Å². The van der Waals surface area contributed by atoms with Crippen LogP contribution in [0.4, 0.5) is 0 Å². The standard InChI is InChI=1S/C14H17N3O2S/c1-11(14-7-2-3-8-16-14)17-10-12-5-4-6-13(9-12)20(15,18)19/h2-9,11,17H,10H2,1H3,(H2,15,18,19). The Balaban J connectivity index is 2.05. The molecule has 20 heavy (non-hydrogen) atoms. The van der Waals surface area contributed by atoms with Crippen molar-refractivity contribution in [2.24, 2.45) is 5.14 Å². The highest BCUT2D eigenvalue weighted by atomic mass is 32.2. The summed E-state index contributed by atoms with van der Waals surface area (Å²) >= 11 is 0. The zero-order valence-electron chi connectivity index (χ0n) is 11.2. The normalized spacial score (nSPS) is 13.1. The van der Waals surface area contributed by atoms with Gasteiger partial charge in [0.25, 0.3) is 0 Å². The number of benzene rings is 1. The highest BCUT2D eigenvalue weighted by Gasteiger charge is 2.09. The molecule has 0 saturated carbocycles. The van der Waals surface area contributed by atoms with E-state index in [4.69, 9.17) is 5.14 Å². The summed E-state index contributed by atoms with van der Waals surface area (Å²) in [5.41, 5.74) is 1.80. The monoisotopic (exact) mass is 291 g/mol. The molecule has 2 aromatic rings. The minimum atomic E-state index is -3.66. The lowest BCUT2D eigenvalue weighted by Crippen LogP contribution is -2.19. The van der Waals surface area contributed by atoms with Crippen molar-refractivity contribution in [1.82, 2.24) is 10.3 Å². The van der Waals surface area contributed by atoms with Crippen molar-refractivity contribution in [3.05, 3.63) is 59.9 Å². The molecule has 0 aliphatic heterocycles. The van der Waals surface area contributed by atoms with Crippen LogP contribution in [0.5, 0.6) is 0 Å². The summed E-state index contributed by atoms with van der Waals surface area (Å²) in [4.78, 5) is 4.40. The summed E-state index contributed by atoms with van der Waals surface area (Å²) < 4.78 is 22.6. The molecule has 0 saturated heterocycles. The van der Waals surface area contributed by atoms with E-state index in [0.717, 1.165) is 11.3 Å². The fraction of sp³-hybridized carbons (Fsp3) is 0.214. The van der Waals surface area contributed by atoms with Crippen LogP contribution in [0, 0.1) is 0 Å². The van der Waals surface area contributed by atoms with Crippen LogP contribution >= 0.6 is 0 Å². The van der Waals surface area contributed by atoms with Crippen molar-refractivity contribution < 1.29 is 8.42 Å². The number of pyridine rings is 1. The Morgan fingerprint density at radius 3 is 2.70 bits per heavy atom. The van der Waals surface area contributed by atoms with Gasteiger partial charge < -0.3 is 5.32 Å². The fourth-order valence-electron chi connectivity index (χ4n) is 1.84. The topological polar surface area (TPSA) is 85.1 Å². The first kappa shape index (κ1) is 14.6. The summed E-state index contributed by atoms with van der Waals surface area (Å²) in [5, 5.41) is 8.41. The van der Waals surface area contributed by atoms with Crippen LogP contribution in [-0.2, 0) is 16.6 Å². The number of hydrogen-bond acceptors (Lipinski definition) is 4. The summed E-state index contributed by atoms with van der Waals surface area (Å²) in [6.45, 7) is 2.55. The molecule has 1 aromatic heterocycles. The Labute approximate surface area is 118 Å². The van der Waals surface area contributed by atoms with Crippen LogP contribution in [0.25, 0.3) is 0 Å². The van der Waals surface area contributed by atoms with Crippen molar-refractivity contribution >= 4 is 10.0 Å². The molecule has 0 amide bonds. The summed E-state index contributed by atoms with van der Waals surface area (Å²) in [7, 11) is -3.66. The van der Waals surface area contributed by atoms with E-state index in [1.54, 1.807) is 18.3 Å². The lowest BCUT2D eigenvalue weighted by molar-refractivity contribution is 0.560. The number of rotatable bonds is 5. The van der Waals surface area contributed by atoms with Crippen molar-refractivity contribution in [3.8, 4) is 0 Å². The molecule has 0 fully saturated rings. The summed E-state index contributed by atoms with van der Waals surface area (Å²) in [6.07, 6.45) is 1.75. The largest absolute Gasteiger partial charge is 0.305 e. The number of primary sulfonamides is 1. The Kier molecular flexibility index (Phi) is 4.49. The van der Waals surface area contributed by atoms with E-state index < -0.39 is 10.0 Å². The fourth-order valence-corrected chi connectivity index (χ4v) is 2.42. The number of sulfonamides is 1. The third-order valence-corrected chi connectivity index (χ3v) is 3.88. The highest BCUT2D eigenvalue weighted by Crippen LogP contribution is 2.12. The molecule has 0 aliphatic carbocycles. The van der Waals surface area contributed by atoms with E-state index in [1.165, 1.54) is 6.07 Å². The molecule has 1 aromatic carbocycles. The van der Waals surface area contributed by atoms with Gasteiger partial charge in [-0.2, -0.15) is 0 Å². The second kappa shape index (κ2) is 6.13. The van der Waals surface area contributed by atoms with E-state index in [-0.39, 0.29) is 10.9 Å². The zero-order chi connectivity index (χ0) is 14.6. The minimum absolute atomic E-state index is 0.0781. The third-order valence-electron chi connectivity index (χ3n) is 2.97. The van der Waals surface area contributed by atoms with E-state index in [2.05, 4.69) is 10.3 Å². The van der Waals surface area contributed by atoms with Gasteiger partial charge in [-0.1, -0.05) is 18.2 Å². The molecule has 106 valence electrons. The van der Waals surface area contributed by atoms with Crippen molar-refractivity contribution in [2.45, 2.75) is 24.4 Å². The SMILES string of the molecule is CC(NCc1cccc(S(N)(=O)=O)c1)c1ccccn1. The molecule has 0 radical (unpaired) electrons. The van der Waals surface area contributed by atoms with Crippen LogP contribution in [0.1, 0.15) is 24.2 Å². The second-order valence-corrected chi connectivity index (χ2v) is 6.11. The average Bonchev–Trinajstić information content (AvgIpc) is 2.45. The quantitative estimate of drug-likeness (QED) is 0.876. The van der Waals surface area contributed by atoms with Gasteiger partial charge in [0.15, 0.2) is 0 Å². The average molecular weight is 291 g/mol. The molecule has 1 unspecified atom stereocenters. The summed E-state index contributed by atoms with van der Waals surface area (Å²) in [5.74, 6) is 0. The Morgan fingerprint density at radius 2 is 2.05 bits per heavy atom. The van der Waals surface area contributed by atoms with Crippen LogP contribution in [0.15, 0.2) is 53.6 Å². The third kappa shape index (κ3) is 3.86. The minimum Gasteiger partial charge on any atom is -0.305 e. The highest BCUT2D eigenvalue weighted by molar-refractivity contribution is 7.89. The van der Waals surface area contributed by atoms with Gasteiger partial charge in [0, 0.05) is 18.8 Å². The van der Waals surface area contributed by atoms with Gasteiger partial charge in [-0.15, -0.1) is 0 Å². The second-order valence-electron chi connectivity index (χ2n) is 4.55. The van der Waals surface area contributed by atoms with Gasteiger partial charge in [0.2, 0.25) is 10.0 Å². The van der Waals surface area contributed by atoms with Crippen LogP contribution < -0.4 is 10.5 Å². The van der Waals surface area contributed by atoms with Gasteiger partial charge in [-0.05, 0) is 36.8 Å². The maximum atomic E-state index is 11.3. The first-order valence-corrected chi connectivity index (χ1v) is 7.77. The Morgan fingerprint density at radius 1 is 1.25 bits per heavy atom. The molecule has 1 heterocycles. The van der Waals surface area contributed by atoms with Gasteiger partial charge in [0.1, 0.15) is 0 Å². The molecule has 0 spiro atoms. The first-order chi connectivity index (χ1) is 9.47.